The second-order valence-corrected chi connectivity index (χ2v) is 7.63. The molecule has 6 nitrogen and oxygen atoms in total. The molecule has 0 aromatic heterocycles. The zero-order valence-corrected chi connectivity index (χ0v) is 15.5. The van der Waals surface area contributed by atoms with Gasteiger partial charge in [-0.1, -0.05) is 50.1 Å². The maximum absolute atomic E-state index is 13.0. The van der Waals surface area contributed by atoms with Gasteiger partial charge in [-0.15, -0.1) is 0 Å². The zero-order valence-electron chi connectivity index (χ0n) is 15.5. The van der Waals surface area contributed by atoms with Crippen molar-refractivity contribution in [3.05, 3.63) is 35.9 Å². The lowest BCUT2D eigenvalue weighted by Crippen LogP contribution is -2.62. The number of hydrogen-bond donors (Lipinski definition) is 4. The van der Waals surface area contributed by atoms with E-state index in [-0.39, 0.29) is 18.0 Å². The monoisotopic (exact) mass is 358 g/mol. The maximum atomic E-state index is 13.0. The lowest BCUT2D eigenvalue weighted by Gasteiger charge is -2.35. The molecule has 0 radical (unpaired) electrons. The molecule has 1 saturated carbocycles. The summed E-state index contributed by atoms with van der Waals surface area (Å²) in [6.45, 7) is 4.42. The Bertz CT molecular complexity index is 613. The Kier molecular flexibility index (Phi) is 6.14. The first kappa shape index (κ1) is 18.7. The van der Waals surface area contributed by atoms with Gasteiger partial charge in [0.05, 0.1) is 0 Å². The molecule has 1 aromatic rings. The van der Waals surface area contributed by atoms with Crippen molar-refractivity contribution >= 4 is 11.9 Å². The van der Waals surface area contributed by atoms with E-state index in [1.54, 1.807) is 0 Å². The van der Waals surface area contributed by atoms with Crippen molar-refractivity contribution in [2.24, 2.45) is 5.92 Å². The molecule has 1 heterocycles. The van der Waals surface area contributed by atoms with Gasteiger partial charge in [0.2, 0.25) is 5.91 Å². The summed E-state index contributed by atoms with van der Waals surface area (Å²) in [5.41, 5.74) is 0.257. The second kappa shape index (κ2) is 8.54. The van der Waals surface area contributed by atoms with Gasteiger partial charge in [-0.3, -0.25) is 4.79 Å². The molecule has 142 valence electrons. The van der Waals surface area contributed by atoms with Crippen molar-refractivity contribution < 1.29 is 9.59 Å². The average molecular weight is 358 g/mol. The fourth-order valence-corrected chi connectivity index (χ4v) is 3.92. The van der Waals surface area contributed by atoms with Gasteiger partial charge in [-0.05, 0) is 37.3 Å². The topological polar surface area (TPSA) is 82.3 Å². The van der Waals surface area contributed by atoms with Crippen LogP contribution in [-0.4, -0.2) is 36.6 Å². The quantitative estimate of drug-likeness (QED) is 0.649. The molecule has 2 atom stereocenters. The van der Waals surface area contributed by atoms with Crippen LogP contribution in [0.5, 0.6) is 0 Å². The van der Waals surface area contributed by atoms with Gasteiger partial charge in [-0.2, -0.15) is 0 Å². The first-order valence-electron chi connectivity index (χ1n) is 9.71. The van der Waals surface area contributed by atoms with Crippen molar-refractivity contribution in [3.63, 3.8) is 0 Å². The molecule has 26 heavy (non-hydrogen) atoms. The summed E-state index contributed by atoms with van der Waals surface area (Å²) < 4.78 is 0. The first-order chi connectivity index (χ1) is 12.6. The van der Waals surface area contributed by atoms with Gasteiger partial charge in [0.1, 0.15) is 5.54 Å². The van der Waals surface area contributed by atoms with Crippen molar-refractivity contribution in [2.45, 2.75) is 57.2 Å². The summed E-state index contributed by atoms with van der Waals surface area (Å²) in [7, 11) is 0. The van der Waals surface area contributed by atoms with Crippen molar-refractivity contribution in [1.29, 1.82) is 0 Å². The van der Waals surface area contributed by atoms with Crippen LogP contribution >= 0.6 is 0 Å². The van der Waals surface area contributed by atoms with Crippen molar-refractivity contribution in [3.8, 4) is 0 Å². The van der Waals surface area contributed by atoms with Crippen LogP contribution in [0.3, 0.4) is 0 Å². The molecule has 3 amide bonds. The van der Waals surface area contributed by atoms with Gasteiger partial charge in [0.15, 0.2) is 0 Å². The molecule has 1 aliphatic carbocycles. The summed E-state index contributed by atoms with van der Waals surface area (Å²) in [6, 6.07) is 9.62. The van der Waals surface area contributed by atoms with Crippen LogP contribution in [0.15, 0.2) is 30.3 Å². The molecule has 1 aromatic carbocycles. The number of benzene rings is 1. The van der Waals surface area contributed by atoms with E-state index < -0.39 is 5.54 Å². The summed E-state index contributed by atoms with van der Waals surface area (Å²) >= 11 is 0. The van der Waals surface area contributed by atoms with E-state index in [2.05, 4.69) is 28.2 Å². The van der Waals surface area contributed by atoms with Crippen LogP contribution in [0.1, 0.15) is 44.6 Å². The molecule has 2 aliphatic rings. The highest BCUT2D eigenvalue weighted by Gasteiger charge is 2.43. The summed E-state index contributed by atoms with van der Waals surface area (Å²) in [6.07, 6.45) is 4.39. The lowest BCUT2D eigenvalue weighted by molar-refractivity contribution is -0.128. The van der Waals surface area contributed by atoms with Crippen LogP contribution in [0.4, 0.5) is 4.79 Å². The molecular formula is C20H30N4O2. The highest BCUT2D eigenvalue weighted by Crippen LogP contribution is 2.30. The number of urea groups is 1. The minimum Gasteiger partial charge on any atom is -0.350 e. The van der Waals surface area contributed by atoms with Crippen molar-refractivity contribution in [2.75, 3.05) is 13.1 Å². The Morgan fingerprint density at radius 3 is 2.62 bits per heavy atom. The molecule has 3 rings (SSSR count). The SMILES string of the molecule is CC1CCNCC1NC(=O)C1(NC(=O)NCc2ccccc2)CCCC1. The van der Waals surface area contributed by atoms with Crippen LogP contribution in [0, 0.1) is 5.92 Å². The smallest absolute Gasteiger partial charge is 0.315 e. The minimum atomic E-state index is -0.780. The standard InChI is InChI=1S/C20H30N4O2/c1-15-9-12-21-14-17(15)23-18(25)20(10-5-6-11-20)24-19(26)22-13-16-7-3-2-4-8-16/h2-4,7-8,15,17,21H,5-6,9-14H2,1H3,(H,23,25)(H2,22,24,26). The summed E-state index contributed by atoms with van der Waals surface area (Å²) in [4.78, 5) is 25.4. The highest BCUT2D eigenvalue weighted by atomic mass is 16.2. The third kappa shape index (κ3) is 4.55. The molecule has 2 fully saturated rings. The van der Waals surface area contributed by atoms with E-state index in [1.807, 2.05) is 30.3 Å². The molecule has 0 spiro atoms. The third-order valence-corrected chi connectivity index (χ3v) is 5.68. The first-order valence-corrected chi connectivity index (χ1v) is 9.71. The highest BCUT2D eigenvalue weighted by molar-refractivity contribution is 5.91. The number of hydrogen-bond acceptors (Lipinski definition) is 3. The predicted octanol–water partition coefficient (Wildman–Crippen LogP) is 1.91. The summed E-state index contributed by atoms with van der Waals surface area (Å²) in [5, 5.41) is 12.4. The van der Waals surface area contributed by atoms with Gasteiger partial charge < -0.3 is 21.3 Å². The van der Waals surface area contributed by atoms with E-state index in [1.165, 1.54) is 0 Å². The molecule has 1 saturated heterocycles. The predicted molar refractivity (Wildman–Crippen MR) is 102 cm³/mol. The van der Waals surface area contributed by atoms with E-state index in [0.717, 1.165) is 37.9 Å². The lowest BCUT2D eigenvalue weighted by atomic mass is 9.91. The number of nitrogens with one attached hydrogen (secondary N) is 4. The molecule has 1 aliphatic heterocycles. The Morgan fingerprint density at radius 2 is 1.92 bits per heavy atom. The number of amides is 3. The fraction of sp³-hybridized carbons (Fsp3) is 0.600. The van der Waals surface area contributed by atoms with E-state index in [4.69, 9.17) is 0 Å². The number of rotatable bonds is 5. The molecule has 2 unspecified atom stereocenters. The number of carbonyl (C=O) groups is 2. The fourth-order valence-electron chi connectivity index (χ4n) is 3.92. The average Bonchev–Trinajstić information content (AvgIpc) is 3.12. The van der Waals surface area contributed by atoms with Gasteiger partial charge in [0.25, 0.3) is 0 Å². The Labute approximate surface area is 155 Å². The zero-order chi connectivity index (χ0) is 18.4. The molecular weight excluding hydrogens is 328 g/mol. The van der Waals surface area contributed by atoms with Crippen LogP contribution in [0.25, 0.3) is 0 Å². The molecule has 6 heteroatoms. The second-order valence-electron chi connectivity index (χ2n) is 7.63. The molecule has 0 bridgehead atoms. The Morgan fingerprint density at radius 1 is 1.19 bits per heavy atom. The Balaban J connectivity index is 1.58. The van der Waals surface area contributed by atoms with Gasteiger partial charge >= 0.3 is 6.03 Å². The number of carbonyl (C=O) groups excluding carboxylic acids is 2. The Hall–Kier alpha value is -2.08. The largest absolute Gasteiger partial charge is 0.350 e. The number of piperidine rings is 1. The van der Waals surface area contributed by atoms with Crippen molar-refractivity contribution in [1.82, 2.24) is 21.3 Å². The normalized spacial score (nSPS) is 24.7. The summed E-state index contributed by atoms with van der Waals surface area (Å²) in [5.74, 6) is 0.413. The van der Waals surface area contributed by atoms with Gasteiger partial charge in [0, 0.05) is 19.1 Å². The maximum Gasteiger partial charge on any atom is 0.315 e. The van der Waals surface area contributed by atoms with Crippen LogP contribution < -0.4 is 21.3 Å². The molecule has 4 N–H and O–H groups in total. The minimum absolute atomic E-state index is 0.0367. The van der Waals surface area contributed by atoms with E-state index >= 15 is 0 Å². The van der Waals surface area contributed by atoms with Crippen LogP contribution in [0.2, 0.25) is 0 Å². The van der Waals surface area contributed by atoms with E-state index in [0.29, 0.717) is 25.3 Å². The van der Waals surface area contributed by atoms with E-state index in [9.17, 15) is 9.59 Å². The van der Waals surface area contributed by atoms with Gasteiger partial charge in [-0.25, -0.2) is 4.79 Å². The van der Waals surface area contributed by atoms with Crippen LogP contribution in [-0.2, 0) is 11.3 Å². The third-order valence-electron chi connectivity index (χ3n) is 5.68.